The molecule has 1 aromatic carbocycles. The molecule has 1 aliphatic rings. The first-order valence-corrected chi connectivity index (χ1v) is 11.4. The Morgan fingerprint density at radius 2 is 2.03 bits per heavy atom. The summed E-state index contributed by atoms with van der Waals surface area (Å²) in [4.78, 5) is 21.2. The van der Waals surface area contributed by atoms with Gasteiger partial charge in [0, 0.05) is 36.6 Å². The van der Waals surface area contributed by atoms with Crippen molar-refractivity contribution in [2.24, 2.45) is 7.05 Å². The van der Waals surface area contributed by atoms with Gasteiger partial charge in [-0.2, -0.15) is 5.10 Å². The van der Waals surface area contributed by atoms with E-state index in [4.69, 9.17) is 22.1 Å². The van der Waals surface area contributed by atoms with Crippen LogP contribution in [0.3, 0.4) is 0 Å². The molecule has 1 aliphatic heterocycles. The number of fused-ring (bicyclic) bond motifs is 1. The topological polar surface area (TPSA) is 153 Å². The van der Waals surface area contributed by atoms with Crippen molar-refractivity contribution in [3.05, 3.63) is 59.6 Å². The SMILES string of the molecule is Cn1ccc(-c2cn([C@@H]3O[C@H](C(=O)NCCc4ccccc4Cl)[C@@H](O)[C@H]3O)c3ncnc(N)c23)n1. The molecule has 11 nitrogen and oxygen atoms in total. The fraction of sp³-hybridized carbons (Fsp3) is 0.304. The van der Waals surface area contributed by atoms with E-state index in [-0.39, 0.29) is 12.4 Å². The molecule has 1 amide bonds. The Kier molecular flexibility index (Phi) is 6.15. The molecule has 5 rings (SSSR count). The highest BCUT2D eigenvalue weighted by Gasteiger charge is 2.47. The molecule has 0 saturated carbocycles. The number of nitrogens with two attached hydrogens (primary N) is 1. The number of aryl methyl sites for hydroxylation is 1. The minimum atomic E-state index is -1.45. The van der Waals surface area contributed by atoms with Crippen molar-refractivity contribution < 1.29 is 19.7 Å². The van der Waals surface area contributed by atoms with E-state index in [0.29, 0.717) is 33.7 Å². The summed E-state index contributed by atoms with van der Waals surface area (Å²) in [6.07, 6.45) is 0.0596. The van der Waals surface area contributed by atoms with Gasteiger partial charge in [-0.3, -0.25) is 9.48 Å². The van der Waals surface area contributed by atoms with Gasteiger partial charge in [0.05, 0.1) is 11.1 Å². The molecule has 0 unspecified atom stereocenters. The number of nitrogen functional groups attached to an aromatic ring is 1. The van der Waals surface area contributed by atoms with Gasteiger partial charge in [-0.1, -0.05) is 29.8 Å². The molecule has 0 bridgehead atoms. The lowest BCUT2D eigenvalue weighted by molar-refractivity contribution is -0.137. The summed E-state index contributed by atoms with van der Waals surface area (Å²) in [6, 6.07) is 9.16. The number of aliphatic hydroxyl groups is 2. The molecular formula is C23H24ClN7O4. The molecule has 4 atom stereocenters. The van der Waals surface area contributed by atoms with Crippen molar-refractivity contribution in [1.29, 1.82) is 0 Å². The number of amides is 1. The Hall–Kier alpha value is -3.51. The van der Waals surface area contributed by atoms with Crippen LogP contribution >= 0.6 is 11.6 Å². The van der Waals surface area contributed by atoms with Crippen LogP contribution in [-0.4, -0.2) is 65.3 Å². The monoisotopic (exact) mass is 497 g/mol. The minimum absolute atomic E-state index is 0.233. The number of anilines is 1. The Balaban J connectivity index is 1.38. The molecular weight excluding hydrogens is 474 g/mol. The van der Waals surface area contributed by atoms with Gasteiger partial charge in [0.25, 0.3) is 5.91 Å². The molecule has 4 aromatic rings. The maximum atomic E-state index is 12.8. The van der Waals surface area contributed by atoms with Crippen molar-refractivity contribution in [3.8, 4) is 11.3 Å². The number of nitrogens with one attached hydrogen (secondary N) is 1. The average molecular weight is 498 g/mol. The van der Waals surface area contributed by atoms with Gasteiger partial charge < -0.3 is 30.6 Å². The molecule has 4 heterocycles. The highest BCUT2D eigenvalue weighted by molar-refractivity contribution is 6.31. The molecule has 1 saturated heterocycles. The van der Waals surface area contributed by atoms with E-state index in [1.54, 1.807) is 34.8 Å². The molecule has 3 aromatic heterocycles. The van der Waals surface area contributed by atoms with Crippen molar-refractivity contribution in [1.82, 2.24) is 29.6 Å². The number of rotatable bonds is 6. The largest absolute Gasteiger partial charge is 0.387 e. The van der Waals surface area contributed by atoms with Crippen LogP contribution in [0.1, 0.15) is 11.8 Å². The zero-order valence-corrected chi connectivity index (χ0v) is 19.5. The van der Waals surface area contributed by atoms with E-state index in [0.717, 1.165) is 5.56 Å². The third-order valence-electron chi connectivity index (χ3n) is 6.05. The predicted octanol–water partition coefficient (Wildman–Crippen LogP) is 1.05. The van der Waals surface area contributed by atoms with Gasteiger partial charge in [0.1, 0.15) is 30.0 Å². The normalized spacial score (nSPS) is 22.1. The predicted molar refractivity (Wildman–Crippen MR) is 128 cm³/mol. The van der Waals surface area contributed by atoms with Crippen LogP contribution in [0.2, 0.25) is 5.02 Å². The maximum absolute atomic E-state index is 12.8. The van der Waals surface area contributed by atoms with Gasteiger partial charge in [-0.25, -0.2) is 9.97 Å². The zero-order chi connectivity index (χ0) is 24.7. The molecule has 0 radical (unpaired) electrons. The smallest absolute Gasteiger partial charge is 0.252 e. The summed E-state index contributed by atoms with van der Waals surface area (Å²) in [5.41, 5.74) is 8.67. The van der Waals surface area contributed by atoms with Crippen molar-refractivity contribution in [3.63, 3.8) is 0 Å². The van der Waals surface area contributed by atoms with Crippen molar-refractivity contribution >= 4 is 34.4 Å². The van der Waals surface area contributed by atoms with Gasteiger partial charge in [-0.15, -0.1) is 0 Å². The van der Waals surface area contributed by atoms with E-state index >= 15 is 0 Å². The van der Waals surface area contributed by atoms with Crippen LogP contribution in [0, 0.1) is 0 Å². The summed E-state index contributed by atoms with van der Waals surface area (Å²) in [5, 5.41) is 29.7. The lowest BCUT2D eigenvalue weighted by Gasteiger charge is -2.17. The summed E-state index contributed by atoms with van der Waals surface area (Å²) in [7, 11) is 1.79. The van der Waals surface area contributed by atoms with E-state index < -0.39 is 30.4 Å². The van der Waals surface area contributed by atoms with Crippen LogP contribution in [0.25, 0.3) is 22.3 Å². The fourth-order valence-corrected chi connectivity index (χ4v) is 4.51. The van der Waals surface area contributed by atoms with Gasteiger partial charge in [-0.05, 0) is 24.1 Å². The number of hydrogen-bond acceptors (Lipinski definition) is 8. The van der Waals surface area contributed by atoms with Crippen LogP contribution in [0.5, 0.6) is 0 Å². The van der Waals surface area contributed by atoms with E-state index in [9.17, 15) is 15.0 Å². The Bertz CT molecular complexity index is 1390. The van der Waals surface area contributed by atoms with Gasteiger partial charge in [0.2, 0.25) is 0 Å². The van der Waals surface area contributed by atoms with Crippen LogP contribution in [0.15, 0.2) is 49.1 Å². The first-order chi connectivity index (χ1) is 16.8. The Morgan fingerprint density at radius 3 is 2.77 bits per heavy atom. The summed E-state index contributed by atoms with van der Waals surface area (Å²) in [5.74, 6) is -0.307. The van der Waals surface area contributed by atoms with Crippen LogP contribution in [0.4, 0.5) is 5.82 Å². The summed E-state index contributed by atoms with van der Waals surface area (Å²) in [6.45, 7) is 0.288. The molecule has 5 N–H and O–H groups in total. The van der Waals surface area contributed by atoms with Crippen molar-refractivity contribution in [2.75, 3.05) is 12.3 Å². The lowest BCUT2D eigenvalue weighted by Crippen LogP contribution is -2.43. The second-order valence-corrected chi connectivity index (χ2v) is 8.75. The fourth-order valence-electron chi connectivity index (χ4n) is 4.28. The van der Waals surface area contributed by atoms with E-state index in [1.807, 2.05) is 24.3 Å². The van der Waals surface area contributed by atoms with E-state index in [2.05, 4.69) is 20.4 Å². The molecule has 0 spiro atoms. The van der Waals surface area contributed by atoms with Crippen LogP contribution in [-0.2, 0) is 23.0 Å². The highest BCUT2D eigenvalue weighted by atomic mass is 35.5. The van der Waals surface area contributed by atoms with Gasteiger partial charge in [0.15, 0.2) is 12.3 Å². The number of nitrogens with zero attached hydrogens (tertiary/aromatic N) is 5. The van der Waals surface area contributed by atoms with E-state index in [1.165, 1.54) is 6.33 Å². The summed E-state index contributed by atoms with van der Waals surface area (Å²) < 4.78 is 9.05. The van der Waals surface area contributed by atoms with Crippen molar-refractivity contribution in [2.45, 2.75) is 31.0 Å². The molecule has 1 fully saturated rings. The second-order valence-electron chi connectivity index (χ2n) is 8.34. The maximum Gasteiger partial charge on any atom is 0.252 e. The molecule has 35 heavy (non-hydrogen) atoms. The number of carbonyl (C=O) groups is 1. The molecule has 182 valence electrons. The number of carbonyl (C=O) groups excluding carboxylic acids is 1. The lowest BCUT2D eigenvalue weighted by atomic mass is 10.1. The first kappa shape index (κ1) is 23.2. The Labute approximate surface area is 205 Å². The molecule has 12 heteroatoms. The van der Waals surface area contributed by atoms with Gasteiger partial charge >= 0.3 is 0 Å². The first-order valence-electron chi connectivity index (χ1n) is 11.0. The van der Waals surface area contributed by atoms with Crippen LogP contribution < -0.4 is 11.1 Å². The number of benzene rings is 1. The highest BCUT2D eigenvalue weighted by Crippen LogP contribution is 2.37. The molecule has 0 aliphatic carbocycles. The number of ether oxygens (including phenoxy) is 1. The number of halogens is 1. The third-order valence-corrected chi connectivity index (χ3v) is 6.42. The third kappa shape index (κ3) is 4.23. The average Bonchev–Trinajstić information content (AvgIpc) is 3.52. The summed E-state index contributed by atoms with van der Waals surface area (Å²) >= 11 is 6.16. The number of aliphatic hydroxyl groups excluding tert-OH is 2. The number of aromatic nitrogens is 5. The second kappa shape index (κ2) is 9.27. The number of hydrogen-bond donors (Lipinski definition) is 4. The zero-order valence-electron chi connectivity index (χ0n) is 18.7. The minimum Gasteiger partial charge on any atom is -0.387 e. The Morgan fingerprint density at radius 1 is 1.23 bits per heavy atom. The standard InChI is InChI=1S/C23H24ClN7O4/c1-30-9-7-15(29-30)13-10-31(21-16(13)20(25)27-11-28-21)23-18(33)17(32)19(35-23)22(34)26-8-6-12-4-2-3-5-14(12)24/h2-5,7,9-11,17-19,23,32-33H,6,8H2,1H3,(H,26,34)(H2,25,27,28)/t17-,18+,19-,23+/m0/s1. The quantitative estimate of drug-likeness (QED) is 0.308.